The fraction of sp³-hybridized carbons (Fsp3) is 0.400. The summed E-state index contributed by atoms with van der Waals surface area (Å²) in [7, 11) is 1.01. The van der Waals surface area contributed by atoms with Crippen molar-refractivity contribution in [2.45, 2.75) is 19.2 Å². The number of aliphatic carboxylic acids is 1. The maximum absolute atomic E-state index is 12.8. The van der Waals surface area contributed by atoms with E-state index < -0.39 is 48.1 Å². The van der Waals surface area contributed by atoms with E-state index in [1.807, 2.05) is 0 Å². The van der Waals surface area contributed by atoms with Gasteiger partial charge in [-0.2, -0.15) is 0 Å². The Morgan fingerprint density at radius 2 is 2.05 bits per heavy atom. The summed E-state index contributed by atoms with van der Waals surface area (Å²) in [5, 5.41) is 8.58. The van der Waals surface area contributed by atoms with Crippen LogP contribution in [0.4, 0.5) is 22.0 Å². The molecule has 10 heteroatoms. The highest BCUT2D eigenvalue weighted by atomic mass is 19.4. The molecule has 0 radical (unpaired) electrons. The second-order valence-electron chi connectivity index (χ2n) is 3.45. The van der Waals surface area contributed by atoms with Gasteiger partial charge >= 0.3 is 12.3 Å². The lowest BCUT2D eigenvalue weighted by Crippen LogP contribution is -2.20. The second kappa shape index (κ2) is 5.88. The lowest BCUT2D eigenvalue weighted by molar-refractivity contribution is -0.275. The van der Waals surface area contributed by atoms with E-state index in [1.54, 1.807) is 0 Å². The molecule has 0 aliphatic rings. The highest BCUT2D eigenvalue weighted by molar-refractivity contribution is 5.72. The number of carboxylic acids is 1. The Hall–Kier alpha value is -2.13. The molecule has 5 nitrogen and oxygen atoms in total. The van der Waals surface area contributed by atoms with Crippen molar-refractivity contribution in [1.29, 1.82) is 0 Å². The molecule has 0 spiro atoms. The van der Waals surface area contributed by atoms with Crippen LogP contribution in [-0.4, -0.2) is 29.5 Å². The maximum Gasteiger partial charge on any atom is 0.573 e. The van der Waals surface area contributed by atoms with Gasteiger partial charge in [-0.05, 0) is 0 Å². The zero-order chi connectivity index (χ0) is 15.5. The number of hydrogen-bond acceptors (Lipinski definition) is 4. The third-order valence-electron chi connectivity index (χ3n) is 2.06. The molecule has 1 aromatic rings. The van der Waals surface area contributed by atoms with Crippen LogP contribution in [0.25, 0.3) is 0 Å². The molecule has 1 aromatic heterocycles. The number of nitrogens with zero attached hydrogens (tertiary/aromatic N) is 1. The van der Waals surface area contributed by atoms with Crippen LogP contribution in [0.15, 0.2) is 6.07 Å². The molecule has 0 aromatic carbocycles. The number of carbonyl (C=O) groups is 1. The van der Waals surface area contributed by atoms with E-state index in [0.29, 0.717) is 6.07 Å². The molecular formula is C10H8F5NO4. The first kappa shape index (κ1) is 15.9. The molecule has 1 rings (SSSR count). The molecule has 0 aliphatic heterocycles. The van der Waals surface area contributed by atoms with Crippen molar-refractivity contribution in [3.8, 4) is 11.6 Å². The highest BCUT2D eigenvalue weighted by Crippen LogP contribution is 2.35. The summed E-state index contributed by atoms with van der Waals surface area (Å²) in [4.78, 5) is 13.8. The van der Waals surface area contributed by atoms with Gasteiger partial charge in [-0.3, -0.25) is 4.79 Å². The lowest BCUT2D eigenvalue weighted by atomic mass is 10.1. The highest BCUT2D eigenvalue weighted by Gasteiger charge is 2.34. The molecule has 20 heavy (non-hydrogen) atoms. The first-order valence-electron chi connectivity index (χ1n) is 4.97. The Kier molecular flexibility index (Phi) is 4.69. The van der Waals surface area contributed by atoms with Crippen molar-refractivity contribution in [2.75, 3.05) is 7.11 Å². The number of rotatable bonds is 5. The van der Waals surface area contributed by atoms with Gasteiger partial charge in [-0.15, -0.1) is 13.2 Å². The summed E-state index contributed by atoms with van der Waals surface area (Å²) in [5.41, 5.74) is -1.99. The fourth-order valence-electron chi connectivity index (χ4n) is 1.37. The van der Waals surface area contributed by atoms with Crippen LogP contribution in [0, 0.1) is 0 Å². The van der Waals surface area contributed by atoms with E-state index in [-0.39, 0.29) is 0 Å². The first-order valence-corrected chi connectivity index (χ1v) is 4.97. The van der Waals surface area contributed by atoms with Gasteiger partial charge in [0.1, 0.15) is 11.4 Å². The Balaban J connectivity index is 3.42. The third kappa shape index (κ3) is 4.21. The van der Waals surface area contributed by atoms with Gasteiger partial charge in [0.2, 0.25) is 5.88 Å². The molecule has 1 N–H and O–H groups in total. The molecule has 0 atom stereocenters. The number of carboxylic acid groups (broad SMARTS) is 1. The lowest BCUT2D eigenvalue weighted by Gasteiger charge is -2.16. The predicted octanol–water partition coefficient (Wildman–Crippen LogP) is 2.55. The monoisotopic (exact) mass is 301 g/mol. The van der Waals surface area contributed by atoms with Crippen LogP contribution >= 0.6 is 0 Å². The minimum absolute atomic E-state index is 0.548. The predicted molar refractivity (Wildman–Crippen MR) is 53.8 cm³/mol. The van der Waals surface area contributed by atoms with E-state index in [4.69, 9.17) is 5.11 Å². The van der Waals surface area contributed by atoms with Crippen molar-refractivity contribution in [1.82, 2.24) is 4.98 Å². The molecule has 0 aliphatic carbocycles. The van der Waals surface area contributed by atoms with Crippen molar-refractivity contribution >= 4 is 5.97 Å². The van der Waals surface area contributed by atoms with E-state index in [0.717, 1.165) is 7.11 Å². The van der Waals surface area contributed by atoms with Gasteiger partial charge < -0.3 is 14.6 Å². The molecule has 0 saturated carbocycles. The molecule has 1 heterocycles. The summed E-state index contributed by atoms with van der Waals surface area (Å²) < 4.78 is 70.2. The number of methoxy groups -OCH3 is 1. The number of alkyl halides is 5. The quantitative estimate of drug-likeness (QED) is 0.846. The Morgan fingerprint density at radius 1 is 1.45 bits per heavy atom. The third-order valence-corrected chi connectivity index (χ3v) is 2.06. The van der Waals surface area contributed by atoms with Crippen LogP contribution < -0.4 is 9.47 Å². The topological polar surface area (TPSA) is 68.7 Å². The van der Waals surface area contributed by atoms with Crippen LogP contribution in [-0.2, 0) is 11.2 Å². The van der Waals surface area contributed by atoms with E-state index in [1.165, 1.54) is 0 Å². The second-order valence-corrected chi connectivity index (χ2v) is 3.45. The molecule has 0 amide bonds. The molecular weight excluding hydrogens is 293 g/mol. The van der Waals surface area contributed by atoms with Crippen LogP contribution in [0.2, 0.25) is 0 Å². The van der Waals surface area contributed by atoms with Crippen molar-refractivity contribution in [3.05, 3.63) is 17.3 Å². The summed E-state index contributed by atoms with van der Waals surface area (Å²) in [6, 6.07) is 0.595. The Labute approximate surface area is 108 Å². The van der Waals surface area contributed by atoms with Crippen molar-refractivity contribution in [3.63, 3.8) is 0 Å². The van der Waals surface area contributed by atoms with E-state index in [9.17, 15) is 26.7 Å². The number of hydrogen-bond donors (Lipinski definition) is 1. The number of halogens is 5. The number of pyridine rings is 1. The maximum atomic E-state index is 12.8. The van der Waals surface area contributed by atoms with E-state index >= 15 is 0 Å². The Morgan fingerprint density at radius 3 is 2.45 bits per heavy atom. The average molecular weight is 301 g/mol. The first-order chi connectivity index (χ1) is 9.14. The van der Waals surface area contributed by atoms with Crippen LogP contribution in [0.1, 0.15) is 17.7 Å². The fourth-order valence-corrected chi connectivity index (χ4v) is 1.37. The van der Waals surface area contributed by atoms with Gasteiger partial charge in [0.05, 0.1) is 13.5 Å². The zero-order valence-electron chi connectivity index (χ0n) is 9.87. The summed E-state index contributed by atoms with van der Waals surface area (Å²) in [6.45, 7) is 0. The standard InChI is InChI=1S/C10H8F5NO4/c1-19-6-3-5(20-10(13,14)15)4(2-7(17)18)8(16-6)9(11)12/h3,9H,2H2,1H3,(H,17,18). The zero-order valence-corrected chi connectivity index (χ0v) is 9.87. The minimum atomic E-state index is -5.17. The summed E-state index contributed by atoms with van der Waals surface area (Å²) in [5.74, 6) is -3.23. The molecule has 0 saturated heterocycles. The summed E-state index contributed by atoms with van der Waals surface area (Å²) in [6.07, 6.45) is -9.55. The van der Waals surface area contributed by atoms with Gasteiger partial charge in [0, 0.05) is 11.6 Å². The Bertz CT molecular complexity index is 503. The van der Waals surface area contributed by atoms with Gasteiger partial charge in [0.15, 0.2) is 0 Å². The van der Waals surface area contributed by atoms with E-state index in [2.05, 4.69) is 14.5 Å². The smallest absolute Gasteiger partial charge is 0.481 e. The number of aromatic nitrogens is 1. The largest absolute Gasteiger partial charge is 0.573 e. The normalized spacial score (nSPS) is 11.6. The minimum Gasteiger partial charge on any atom is -0.481 e. The van der Waals surface area contributed by atoms with Gasteiger partial charge in [0.25, 0.3) is 6.43 Å². The summed E-state index contributed by atoms with van der Waals surface area (Å²) >= 11 is 0. The van der Waals surface area contributed by atoms with Crippen LogP contribution in [0.3, 0.4) is 0 Å². The molecule has 0 bridgehead atoms. The SMILES string of the molecule is COc1cc(OC(F)(F)F)c(CC(=O)O)c(C(F)F)n1. The van der Waals surface area contributed by atoms with Crippen molar-refractivity contribution < 1.29 is 41.3 Å². The van der Waals surface area contributed by atoms with Crippen molar-refractivity contribution in [2.24, 2.45) is 0 Å². The molecule has 112 valence electrons. The van der Waals surface area contributed by atoms with Gasteiger partial charge in [-0.25, -0.2) is 13.8 Å². The molecule has 0 fully saturated rings. The molecule has 0 unspecified atom stereocenters. The number of ether oxygens (including phenoxy) is 2. The average Bonchev–Trinajstić information content (AvgIpc) is 2.28. The van der Waals surface area contributed by atoms with Gasteiger partial charge in [-0.1, -0.05) is 0 Å². The van der Waals surface area contributed by atoms with Crippen LogP contribution in [0.5, 0.6) is 11.6 Å².